The number of hydrogen-bond acceptors (Lipinski definition) is 3. The summed E-state index contributed by atoms with van der Waals surface area (Å²) in [5.74, 6) is 0.716. The zero-order valence-corrected chi connectivity index (χ0v) is 23.9. The lowest BCUT2D eigenvalue weighted by atomic mass is 9.83. The fourth-order valence-electron chi connectivity index (χ4n) is 5.72. The molecule has 40 heavy (non-hydrogen) atoms. The highest BCUT2D eigenvalue weighted by atomic mass is 16.3. The largest absolute Gasteiger partial charge is 0.463 e. The third kappa shape index (κ3) is 3.90. The van der Waals surface area contributed by atoms with E-state index >= 15 is 0 Å². The van der Waals surface area contributed by atoms with Gasteiger partial charge < -0.3 is 9.40 Å². The van der Waals surface area contributed by atoms with Gasteiger partial charge in [0.05, 0.1) is 11.8 Å². The van der Waals surface area contributed by atoms with E-state index in [2.05, 4.69) is 113 Å². The minimum Gasteiger partial charge on any atom is -0.463 e. The average molecular weight is 524 g/mol. The Kier molecular flexibility index (Phi) is 5.24. The summed E-state index contributed by atoms with van der Waals surface area (Å²) in [6.07, 6.45) is 1.68. The molecule has 3 heterocycles. The van der Waals surface area contributed by atoms with Crippen LogP contribution in [0.1, 0.15) is 52.7 Å². The topological polar surface area (TPSA) is 54.7 Å². The van der Waals surface area contributed by atoms with Crippen LogP contribution in [0.3, 0.4) is 0 Å². The Morgan fingerprint density at radius 2 is 1.25 bits per heavy atom. The Morgan fingerprint density at radius 1 is 0.600 bits per heavy atom. The molecule has 7 rings (SSSR count). The molecule has 4 aromatic carbocycles. The van der Waals surface area contributed by atoms with Gasteiger partial charge in [-0.3, -0.25) is 0 Å². The normalized spacial score (nSPS) is 12.8. The minimum absolute atomic E-state index is 0.0434. The summed E-state index contributed by atoms with van der Waals surface area (Å²) in [5, 5.41) is 16.6. The molecular weight excluding hydrogens is 490 g/mol. The number of aromatic amines is 1. The molecule has 0 amide bonds. The van der Waals surface area contributed by atoms with E-state index in [1.165, 1.54) is 27.3 Å². The molecule has 7 aromatic rings. The summed E-state index contributed by atoms with van der Waals surface area (Å²) in [6, 6.07) is 28.2. The molecule has 4 nitrogen and oxygen atoms in total. The monoisotopic (exact) mass is 523 g/mol. The third-order valence-corrected chi connectivity index (χ3v) is 8.10. The minimum atomic E-state index is -0.0434. The molecule has 0 saturated carbocycles. The van der Waals surface area contributed by atoms with Crippen LogP contribution >= 0.6 is 0 Å². The number of aromatic nitrogens is 3. The second-order valence-electron chi connectivity index (χ2n) is 13.0. The van der Waals surface area contributed by atoms with Crippen LogP contribution < -0.4 is 0 Å². The molecule has 0 radical (unpaired) electrons. The molecule has 0 aliphatic rings. The Labute approximate surface area is 234 Å². The highest BCUT2D eigenvalue weighted by molar-refractivity contribution is 6.16. The molecule has 0 aliphatic carbocycles. The van der Waals surface area contributed by atoms with Crippen LogP contribution in [0.4, 0.5) is 0 Å². The number of rotatable bonds is 2. The van der Waals surface area contributed by atoms with E-state index in [-0.39, 0.29) is 10.8 Å². The van der Waals surface area contributed by atoms with Crippen molar-refractivity contribution in [2.24, 2.45) is 0 Å². The van der Waals surface area contributed by atoms with E-state index in [1.54, 1.807) is 6.26 Å². The van der Waals surface area contributed by atoms with Crippen LogP contribution in [0.2, 0.25) is 0 Å². The van der Waals surface area contributed by atoms with Gasteiger partial charge in [0.15, 0.2) is 5.76 Å². The molecular formula is C36H33N3O. The van der Waals surface area contributed by atoms with E-state index in [1.807, 2.05) is 12.1 Å². The number of H-pyrrole nitrogens is 1. The maximum Gasteiger partial charge on any atom is 0.154 e. The van der Waals surface area contributed by atoms with E-state index in [4.69, 9.17) is 14.6 Å². The standard InChI is InChI=1S/C36H33N3O/c1-35(2,3)23-13-14-30-25(18-23)28-19-24(36(4,5)6)20-29(32(28)37-30)33-26-16-21-10-7-8-11-22(21)17-27(26)34(39-38-33)31-12-9-15-40-31/h7-20,37H,1-6H3. The number of nitrogens with zero attached hydrogens (tertiary/aromatic N) is 2. The van der Waals surface area contributed by atoms with Crippen LogP contribution in [-0.2, 0) is 10.8 Å². The second-order valence-corrected chi connectivity index (χ2v) is 13.0. The molecule has 0 aliphatic heterocycles. The van der Waals surface area contributed by atoms with E-state index in [0.29, 0.717) is 5.76 Å². The second kappa shape index (κ2) is 8.53. The van der Waals surface area contributed by atoms with Gasteiger partial charge in [-0.25, -0.2) is 0 Å². The van der Waals surface area contributed by atoms with Crippen molar-refractivity contribution in [2.45, 2.75) is 52.4 Å². The third-order valence-electron chi connectivity index (χ3n) is 8.10. The summed E-state index contributed by atoms with van der Waals surface area (Å²) in [7, 11) is 0. The Hall–Kier alpha value is -4.44. The lowest BCUT2D eigenvalue weighted by molar-refractivity contribution is 0.579. The first kappa shape index (κ1) is 24.6. The van der Waals surface area contributed by atoms with Gasteiger partial charge in [-0.2, -0.15) is 0 Å². The van der Waals surface area contributed by atoms with Crippen molar-refractivity contribution in [1.82, 2.24) is 15.2 Å². The quantitative estimate of drug-likeness (QED) is 0.229. The smallest absolute Gasteiger partial charge is 0.154 e. The predicted molar refractivity (Wildman–Crippen MR) is 167 cm³/mol. The molecule has 0 atom stereocenters. The van der Waals surface area contributed by atoms with Crippen molar-refractivity contribution in [3.8, 4) is 22.7 Å². The predicted octanol–water partition coefficient (Wildman–Crippen LogP) is 9.94. The van der Waals surface area contributed by atoms with Crippen molar-refractivity contribution in [3.63, 3.8) is 0 Å². The Balaban J connectivity index is 1.61. The Bertz CT molecular complexity index is 2070. The van der Waals surface area contributed by atoms with Crippen molar-refractivity contribution in [3.05, 3.63) is 96.3 Å². The maximum atomic E-state index is 5.79. The highest BCUT2D eigenvalue weighted by Crippen LogP contribution is 2.42. The molecule has 0 bridgehead atoms. The van der Waals surface area contributed by atoms with Crippen LogP contribution in [0.5, 0.6) is 0 Å². The summed E-state index contributed by atoms with van der Waals surface area (Å²) >= 11 is 0. The summed E-state index contributed by atoms with van der Waals surface area (Å²) in [6.45, 7) is 13.6. The van der Waals surface area contributed by atoms with Crippen LogP contribution in [-0.4, -0.2) is 15.2 Å². The number of benzene rings is 4. The molecule has 1 N–H and O–H groups in total. The zero-order valence-electron chi connectivity index (χ0n) is 23.9. The van der Waals surface area contributed by atoms with Crippen molar-refractivity contribution >= 4 is 43.4 Å². The Morgan fingerprint density at radius 3 is 1.90 bits per heavy atom. The molecule has 0 fully saturated rings. The lowest BCUT2D eigenvalue weighted by Gasteiger charge is -2.21. The molecule has 198 valence electrons. The lowest BCUT2D eigenvalue weighted by Crippen LogP contribution is -2.11. The first-order valence-corrected chi connectivity index (χ1v) is 13.9. The van der Waals surface area contributed by atoms with Crippen molar-refractivity contribution < 1.29 is 4.42 Å². The molecule has 3 aromatic heterocycles. The molecule has 0 saturated heterocycles. The molecule has 0 unspecified atom stereocenters. The number of furan rings is 1. The van der Waals surface area contributed by atoms with Gasteiger partial charge in [-0.15, -0.1) is 10.2 Å². The summed E-state index contributed by atoms with van der Waals surface area (Å²) in [4.78, 5) is 3.76. The van der Waals surface area contributed by atoms with Crippen LogP contribution in [0.15, 0.2) is 89.5 Å². The van der Waals surface area contributed by atoms with E-state index in [9.17, 15) is 0 Å². The fourth-order valence-corrected chi connectivity index (χ4v) is 5.72. The SMILES string of the molecule is CC(C)(C)c1ccc2[nH]c3c(-c4nnc(-c5ccco5)c5cc6ccccc6cc45)cc(C(C)(C)C)cc3c2c1. The van der Waals surface area contributed by atoms with Crippen molar-refractivity contribution in [1.29, 1.82) is 0 Å². The molecule has 0 spiro atoms. The first-order valence-electron chi connectivity index (χ1n) is 13.9. The van der Waals surface area contributed by atoms with Gasteiger partial charge in [0.2, 0.25) is 0 Å². The molecule has 4 heteroatoms. The van der Waals surface area contributed by atoms with E-state index in [0.717, 1.165) is 44.1 Å². The van der Waals surface area contributed by atoms with Gasteiger partial charge in [0.25, 0.3) is 0 Å². The van der Waals surface area contributed by atoms with Gasteiger partial charge in [-0.1, -0.05) is 71.9 Å². The van der Waals surface area contributed by atoms with Gasteiger partial charge >= 0.3 is 0 Å². The number of nitrogens with one attached hydrogen (secondary N) is 1. The maximum absolute atomic E-state index is 5.79. The van der Waals surface area contributed by atoms with E-state index < -0.39 is 0 Å². The van der Waals surface area contributed by atoms with Gasteiger partial charge in [0, 0.05) is 32.6 Å². The van der Waals surface area contributed by atoms with Gasteiger partial charge in [0.1, 0.15) is 11.4 Å². The zero-order chi connectivity index (χ0) is 27.8. The van der Waals surface area contributed by atoms with Crippen LogP contribution in [0.25, 0.3) is 66.1 Å². The van der Waals surface area contributed by atoms with Crippen LogP contribution in [0, 0.1) is 0 Å². The van der Waals surface area contributed by atoms with Gasteiger partial charge in [-0.05, 0) is 81.3 Å². The number of fused-ring (bicyclic) bond motifs is 5. The first-order chi connectivity index (χ1) is 19.1. The highest BCUT2D eigenvalue weighted by Gasteiger charge is 2.23. The van der Waals surface area contributed by atoms with Crippen molar-refractivity contribution in [2.75, 3.05) is 0 Å². The average Bonchev–Trinajstić information content (AvgIpc) is 3.58. The fraction of sp³-hybridized carbons (Fsp3) is 0.222. The number of hydrogen-bond donors (Lipinski definition) is 1. The summed E-state index contributed by atoms with van der Waals surface area (Å²) < 4.78 is 5.79. The summed E-state index contributed by atoms with van der Waals surface area (Å²) in [5.41, 5.74) is 7.51.